The van der Waals surface area contributed by atoms with Crippen molar-refractivity contribution < 1.29 is 33.6 Å². The highest BCUT2D eigenvalue weighted by molar-refractivity contribution is 8.76. The summed E-state index contributed by atoms with van der Waals surface area (Å²) in [7, 11) is 2.29. The summed E-state index contributed by atoms with van der Waals surface area (Å²) in [4.78, 5) is 100. The molecule has 0 aliphatic carbocycles. The predicted molar refractivity (Wildman–Crippen MR) is 254 cm³/mol. The highest BCUT2D eigenvalue weighted by Gasteiger charge is 2.34. The minimum Gasteiger partial charge on any atom is -0.368 e. The van der Waals surface area contributed by atoms with Crippen molar-refractivity contribution in [2.75, 3.05) is 18.1 Å². The fourth-order valence-corrected chi connectivity index (χ4v) is 10.0. The second kappa shape index (κ2) is 23.5. The van der Waals surface area contributed by atoms with E-state index in [2.05, 4.69) is 36.9 Å². The van der Waals surface area contributed by atoms with Crippen LogP contribution in [-0.4, -0.2) is 101 Å². The minimum atomic E-state index is -1.27. The van der Waals surface area contributed by atoms with E-state index in [0.29, 0.717) is 24.9 Å². The molecule has 342 valence electrons. The van der Waals surface area contributed by atoms with Crippen LogP contribution in [0.25, 0.3) is 21.7 Å². The number of aromatic nitrogens is 1. The number of amides is 7. The average Bonchev–Trinajstić information content (AvgIpc) is 3.70. The van der Waals surface area contributed by atoms with Crippen LogP contribution in [0.4, 0.5) is 0 Å². The van der Waals surface area contributed by atoms with Gasteiger partial charge in [0.25, 0.3) is 0 Å². The van der Waals surface area contributed by atoms with E-state index in [9.17, 15) is 33.6 Å². The second-order valence-electron chi connectivity index (χ2n) is 15.9. The van der Waals surface area contributed by atoms with Crippen LogP contribution >= 0.6 is 21.6 Å². The molecule has 1 fully saturated rings. The Morgan fingerprint density at radius 1 is 0.615 bits per heavy atom. The van der Waals surface area contributed by atoms with Crippen LogP contribution in [0.3, 0.4) is 0 Å². The zero-order chi connectivity index (χ0) is 46.3. The molecule has 0 unspecified atom stereocenters. The lowest BCUT2D eigenvalue weighted by molar-refractivity contribution is -0.135. The summed E-state index contributed by atoms with van der Waals surface area (Å²) in [5, 5.41) is 19.4. The molecule has 18 heteroatoms. The Balaban J connectivity index is 1.40. The van der Waals surface area contributed by atoms with Crippen molar-refractivity contribution in [2.45, 2.75) is 81.7 Å². The maximum Gasteiger partial charge on any atom is 0.244 e. The van der Waals surface area contributed by atoms with Crippen LogP contribution in [0.5, 0.6) is 0 Å². The number of hydrogen-bond acceptors (Lipinski definition) is 10. The van der Waals surface area contributed by atoms with Crippen molar-refractivity contribution in [3.8, 4) is 0 Å². The number of nitrogens with two attached hydrogens (primary N) is 2. The maximum absolute atomic E-state index is 14.7. The Bertz CT molecular complexity index is 2480. The van der Waals surface area contributed by atoms with Gasteiger partial charge < -0.3 is 48.4 Å². The first-order chi connectivity index (χ1) is 31.4. The Labute approximate surface area is 384 Å². The summed E-state index contributed by atoms with van der Waals surface area (Å²) in [6.45, 7) is 1.59. The Morgan fingerprint density at radius 3 is 1.89 bits per heavy atom. The smallest absolute Gasteiger partial charge is 0.244 e. The molecule has 6 rings (SSSR count). The third-order valence-corrected chi connectivity index (χ3v) is 13.5. The summed E-state index contributed by atoms with van der Waals surface area (Å²) in [6, 6.07) is 22.5. The van der Waals surface area contributed by atoms with Crippen molar-refractivity contribution in [3.63, 3.8) is 0 Å². The van der Waals surface area contributed by atoms with Crippen LogP contribution in [0, 0.1) is 0 Å². The number of unbranched alkanes of at least 4 members (excludes halogenated alkanes) is 1. The van der Waals surface area contributed by atoms with E-state index in [1.807, 2.05) is 72.8 Å². The number of rotatable bonds is 12. The number of H-pyrrole nitrogens is 1. The number of hydrogen-bond donors (Lipinski definition) is 9. The van der Waals surface area contributed by atoms with Crippen LogP contribution in [0.2, 0.25) is 0 Å². The molecule has 4 aromatic carbocycles. The van der Waals surface area contributed by atoms with Gasteiger partial charge in [-0.25, -0.2) is 0 Å². The Morgan fingerprint density at radius 2 is 1.18 bits per heavy atom. The molecule has 0 saturated carbocycles. The third kappa shape index (κ3) is 13.6. The zero-order valence-corrected chi connectivity index (χ0v) is 37.6. The van der Waals surface area contributed by atoms with Gasteiger partial charge in [-0.2, -0.15) is 0 Å². The van der Waals surface area contributed by atoms with Gasteiger partial charge in [0.15, 0.2) is 0 Å². The van der Waals surface area contributed by atoms with Gasteiger partial charge in [-0.3, -0.25) is 33.6 Å². The van der Waals surface area contributed by atoms with Crippen LogP contribution < -0.4 is 43.4 Å². The number of primary amides is 1. The topological polar surface area (TPSA) is 260 Å². The van der Waals surface area contributed by atoms with Crippen molar-refractivity contribution in [1.82, 2.24) is 36.9 Å². The lowest BCUT2D eigenvalue weighted by atomic mass is 9.97. The molecule has 6 atom stereocenters. The molecule has 0 radical (unpaired) electrons. The first-order valence-corrected chi connectivity index (χ1v) is 24.0. The normalized spacial score (nSPS) is 21.9. The number of para-hydroxylation sites is 1. The van der Waals surface area contributed by atoms with Gasteiger partial charge in [0.1, 0.15) is 36.3 Å². The van der Waals surface area contributed by atoms with Gasteiger partial charge in [0.05, 0.1) is 0 Å². The standard InChI is InChI=1S/C47H55N9O7S2/c1-28(57)51-41-27-65-64-26-40(42(49)58)56-46(62)38(23-31-16-11-15-30-14-5-6-17-33(30)31)54-43(59)36(20-9-10-21-48)52-45(61)39(24-32-25-50-35-19-8-7-18-34(32)35)55-44(60)37(53-47(41)63)22-29-12-3-2-4-13-29/h2-8,11-19,25,36-41,50H,9-10,20-24,26-27,48H2,1H3,(H2,49,58)(H,51,57)(H,52,61)(H,53,63)(H,54,59)(H,55,60)(H,56,62)/t36-,37-,38-,39-,40-,41+/m0/s1. The number of carbonyl (C=O) groups is 7. The molecule has 16 nitrogen and oxygen atoms in total. The number of aromatic amines is 1. The third-order valence-electron chi connectivity index (χ3n) is 11.1. The zero-order valence-electron chi connectivity index (χ0n) is 36.0. The van der Waals surface area contributed by atoms with Crippen LogP contribution in [-0.2, 0) is 52.8 Å². The van der Waals surface area contributed by atoms with Gasteiger partial charge in [-0.05, 0) is 59.3 Å². The summed E-state index contributed by atoms with van der Waals surface area (Å²) in [5.74, 6) is -4.73. The van der Waals surface area contributed by atoms with Crippen molar-refractivity contribution in [1.29, 1.82) is 0 Å². The quantitative estimate of drug-likeness (QED) is 0.0652. The fraction of sp³-hybridized carbons (Fsp3) is 0.340. The highest BCUT2D eigenvalue weighted by Crippen LogP contribution is 2.25. The second-order valence-corrected chi connectivity index (χ2v) is 18.5. The van der Waals surface area contributed by atoms with Gasteiger partial charge in [0, 0.05) is 54.8 Å². The van der Waals surface area contributed by atoms with E-state index in [-0.39, 0.29) is 37.2 Å². The largest absolute Gasteiger partial charge is 0.368 e. The monoisotopic (exact) mass is 921 g/mol. The van der Waals surface area contributed by atoms with Gasteiger partial charge in [-0.1, -0.05) is 113 Å². The molecule has 0 bridgehead atoms. The van der Waals surface area contributed by atoms with E-state index < -0.39 is 77.6 Å². The van der Waals surface area contributed by atoms with Crippen molar-refractivity contribution in [2.24, 2.45) is 11.5 Å². The molecule has 5 aromatic rings. The molecule has 0 spiro atoms. The molecule has 1 aromatic heterocycles. The molecule has 1 aliphatic rings. The fourth-order valence-electron chi connectivity index (χ4n) is 7.67. The summed E-state index contributed by atoms with van der Waals surface area (Å²) >= 11 is 0. The molecule has 11 N–H and O–H groups in total. The van der Waals surface area contributed by atoms with E-state index in [1.165, 1.54) is 6.92 Å². The van der Waals surface area contributed by atoms with Gasteiger partial charge in [0.2, 0.25) is 41.4 Å². The maximum atomic E-state index is 14.7. The Hall–Kier alpha value is -6.37. The molecule has 1 saturated heterocycles. The molecule has 1 aliphatic heterocycles. The Kier molecular flexibility index (Phi) is 17.4. The van der Waals surface area contributed by atoms with Crippen molar-refractivity contribution in [3.05, 3.63) is 120 Å². The SMILES string of the molecule is CC(=O)N[C@@H]1CSSC[C@@H](C(N)=O)NC(=O)[C@H](Cc2cccc3ccccc23)NC(=O)[C@H](CCCCN)NC(=O)[C@H](Cc2c[nH]c3ccccc23)NC(=O)[C@H](Cc2ccccc2)NC1=O. The van der Waals surface area contributed by atoms with E-state index in [1.54, 1.807) is 30.5 Å². The number of benzene rings is 4. The molecule has 2 heterocycles. The molecular weight excluding hydrogens is 867 g/mol. The lowest BCUT2D eigenvalue weighted by Gasteiger charge is -2.28. The number of carbonyl (C=O) groups excluding carboxylic acids is 7. The first-order valence-electron chi connectivity index (χ1n) is 21.5. The average molecular weight is 922 g/mol. The summed E-state index contributed by atoms with van der Waals surface area (Å²) in [5.41, 5.74) is 14.6. The van der Waals surface area contributed by atoms with Crippen LogP contribution in [0.15, 0.2) is 103 Å². The van der Waals surface area contributed by atoms with Gasteiger partial charge in [-0.15, -0.1) is 0 Å². The summed E-state index contributed by atoms with van der Waals surface area (Å²) < 4.78 is 0. The molecule has 65 heavy (non-hydrogen) atoms. The van der Waals surface area contributed by atoms with E-state index >= 15 is 0 Å². The molecular formula is C47H55N9O7S2. The van der Waals surface area contributed by atoms with E-state index in [0.717, 1.165) is 54.4 Å². The van der Waals surface area contributed by atoms with Crippen molar-refractivity contribution >= 4 is 84.6 Å². The van der Waals surface area contributed by atoms with Gasteiger partial charge >= 0.3 is 0 Å². The number of nitrogens with one attached hydrogen (secondary N) is 7. The van der Waals surface area contributed by atoms with Crippen LogP contribution in [0.1, 0.15) is 42.9 Å². The predicted octanol–water partition coefficient (Wildman–Crippen LogP) is 2.29. The highest BCUT2D eigenvalue weighted by atomic mass is 33.1. The van der Waals surface area contributed by atoms with E-state index in [4.69, 9.17) is 11.5 Å². The minimum absolute atomic E-state index is 0.00604. The first kappa shape index (κ1) is 48.1. The summed E-state index contributed by atoms with van der Waals surface area (Å²) in [6.07, 6.45) is 2.91. The number of fused-ring (bicyclic) bond motifs is 2. The lowest BCUT2D eigenvalue weighted by Crippen LogP contribution is -2.60. The molecule has 7 amide bonds.